The molecule has 0 nitrogen and oxygen atoms in total. The first-order valence-corrected chi connectivity index (χ1v) is 7.28. The van der Waals surface area contributed by atoms with E-state index in [4.69, 9.17) is 0 Å². The monoisotopic (exact) mass is 299 g/mol. The Hall–Kier alpha value is -0.297. The predicted octanol–water partition coefficient (Wildman–Crippen LogP) is 4.66. The van der Waals surface area contributed by atoms with E-state index in [0.717, 1.165) is 0 Å². The molecule has 0 fully saturated rings. The molecule has 1 aliphatic rings. The molecule has 0 amide bonds. The minimum atomic E-state index is -2.77. The molecule has 0 saturated carbocycles. The summed E-state index contributed by atoms with van der Waals surface area (Å²) < 4.78 is 19.6. The summed E-state index contributed by atoms with van der Waals surface area (Å²) in [5.41, 5.74) is 2.82. The van der Waals surface area contributed by atoms with Crippen LogP contribution in [-0.2, 0) is 24.5 Å². The Morgan fingerprint density at radius 2 is 1.81 bits per heavy atom. The van der Waals surface area contributed by atoms with E-state index in [9.17, 15) is 5.25 Å². The normalized spacial score (nSPS) is 12.9. The molecule has 1 aromatic rings. The Labute approximate surface area is 109 Å². The topological polar surface area (TPSA) is 0 Å². The zero-order chi connectivity index (χ0) is 11.8. The summed E-state index contributed by atoms with van der Waals surface area (Å²) in [6.45, 7) is 2.24. The molecule has 1 radical (unpaired) electrons. The third-order valence-corrected chi connectivity index (χ3v) is 2.57. The van der Waals surface area contributed by atoms with Crippen LogP contribution in [0.4, 0.5) is 5.25 Å². The quantitative estimate of drug-likeness (QED) is 0.761. The van der Waals surface area contributed by atoms with Crippen molar-refractivity contribution in [2.45, 2.75) is 26.2 Å². The van der Waals surface area contributed by atoms with Gasteiger partial charge in [-0.1, -0.05) is 56.2 Å². The van der Waals surface area contributed by atoms with Crippen LogP contribution in [0.15, 0.2) is 30.3 Å². The fourth-order valence-electron chi connectivity index (χ4n) is 1.80. The van der Waals surface area contributed by atoms with Gasteiger partial charge >= 0.3 is 29.7 Å². The van der Waals surface area contributed by atoms with Gasteiger partial charge in [0.15, 0.2) is 0 Å². The van der Waals surface area contributed by atoms with Gasteiger partial charge in [0.05, 0.1) is 0 Å². The molecule has 1 aliphatic carbocycles. The molecular weight excluding hydrogens is 285 g/mol. The fraction of sp³-hybridized carbons (Fsp3) is 0.308. The summed E-state index contributed by atoms with van der Waals surface area (Å²) in [7, 11) is 0. The van der Waals surface area contributed by atoms with Crippen LogP contribution in [0.3, 0.4) is 0 Å². The molecular formula is C13H15F2Zr. The van der Waals surface area contributed by atoms with Gasteiger partial charge in [-0.3, -0.25) is 0 Å². The van der Waals surface area contributed by atoms with Crippen molar-refractivity contribution in [3.63, 3.8) is 0 Å². The Balaban J connectivity index is 0.000000386. The summed E-state index contributed by atoms with van der Waals surface area (Å²) in [5.74, 6) is 1.51. The van der Waals surface area contributed by atoms with Crippen molar-refractivity contribution in [1.82, 2.24) is 0 Å². The van der Waals surface area contributed by atoms with E-state index in [-0.39, 0.29) is 0 Å². The van der Waals surface area contributed by atoms with Crippen LogP contribution in [0.1, 0.15) is 37.3 Å². The second-order valence-electron chi connectivity index (χ2n) is 3.62. The first-order valence-electron chi connectivity index (χ1n) is 5.43. The molecule has 0 atom stereocenters. The van der Waals surface area contributed by atoms with Crippen molar-refractivity contribution in [3.8, 4) is 0 Å². The molecule has 0 N–H and O–H groups in total. The van der Waals surface area contributed by atoms with Crippen molar-refractivity contribution in [2.75, 3.05) is 0 Å². The van der Waals surface area contributed by atoms with Crippen LogP contribution in [0.5, 0.6) is 0 Å². The van der Waals surface area contributed by atoms with Crippen molar-refractivity contribution in [3.05, 3.63) is 47.4 Å². The van der Waals surface area contributed by atoms with Crippen LogP contribution >= 0.6 is 0 Å². The summed E-state index contributed by atoms with van der Waals surface area (Å²) in [6, 6.07) is 8.63. The van der Waals surface area contributed by atoms with E-state index in [1.165, 1.54) is 36.3 Å². The molecule has 0 aromatic heterocycles. The molecule has 0 unspecified atom stereocenters. The standard InChI is InChI=1S/C13H15.2FH.Zr/c1-2-3-6-11-9-10-12-7-4-5-8-13(11)12;;;/h4-5,7-10H,2-3,6H2,1H3;2*1H;/q;;;+2/p-2. The van der Waals surface area contributed by atoms with E-state index in [2.05, 4.69) is 43.3 Å². The second-order valence-corrected chi connectivity index (χ2v) is 3.97. The molecule has 3 heteroatoms. The van der Waals surface area contributed by atoms with Crippen LogP contribution in [0.25, 0.3) is 6.08 Å². The van der Waals surface area contributed by atoms with E-state index in [1.54, 1.807) is 0 Å². The average molecular weight is 300 g/mol. The molecule has 0 heterocycles. The maximum atomic E-state index is 9.80. The third kappa shape index (κ3) is 3.94. The molecule has 85 valence electrons. The predicted molar refractivity (Wildman–Crippen MR) is 59.6 cm³/mol. The summed E-state index contributed by atoms with van der Waals surface area (Å²) in [4.78, 5) is 0. The van der Waals surface area contributed by atoms with Gasteiger partial charge in [0, 0.05) is 5.92 Å². The minimum absolute atomic E-state index is 1.23. The second kappa shape index (κ2) is 7.89. The van der Waals surface area contributed by atoms with Gasteiger partial charge in [-0.25, -0.2) is 0 Å². The van der Waals surface area contributed by atoms with Gasteiger partial charge in [0.25, 0.3) is 0 Å². The fourth-order valence-corrected chi connectivity index (χ4v) is 1.80. The van der Waals surface area contributed by atoms with Crippen LogP contribution < -0.4 is 0 Å². The van der Waals surface area contributed by atoms with Crippen molar-refractivity contribution < 1.29 is 29.7 Å². The van der Waals surface area contributed by atoms with E-state index >= 15 is 0 Å². The summed E-state index contributed by atoms with van der Waals surface area (Å²) in [5, 5.41) is 0. The molecule has 16 heavy (non-hydrogen) atoms. The first kappa shape index (κ1) is 13.8. The van der Waals surface area contributed by atoms with Gasteiger partial charge in [-0.2, -0.15) is 0 Å². The Bertz CT molecular complexity index is 336. The molecule has 0 bridgehead atoms. The van der Waals surface area contributed by atoms with Gasteiger partial charge in [0.1, 0.15) is 0 Å². The van der Waals surface area contributed by atoms with Gasteiger partial charge in [-0.15, -0.1) is 0 Å². The van der Waals surface area contributed by atoms with Gasteiger partial charge in [0.2, 0.25) is 0 Å². The Morgan fingerprint density at radius 3 is 2.50 bits per heavy atom. The van der Waals surface area contributed by atoms with Crippen molar-refractivity contribution >= 4 is 6.08 Å². The SMILES string of the molecule is CCCC[C]1C=Cc2ccccc21.[F][Zr][F]. The molecule has 0 spiro atoms. The number of hydrogen-bond acceptors (Lipinski definition) is 0. The molecule has 2 rings (SSSR count). The van der Waals surface area contributed by atoms with Crippen LogP contribution in [0, 0.1) is 5.92 Å². The maximum absolute atomic E-state index is 9.80. The third-order valence-electron chi connectivity index (χ3n) is 2.57. The Morgan fingerprint density at radius 1 is 1.12 bits per heavy atom. The molecule has 1 aromatic carbocycles. The number of rotatable bonds is 3. The molecule has 0 aliphatic heterocycles. The number of halogens is 2. The van der Waals surface area contributed by atoms with Crippen LogP contribution in [0.2, 0.25) is 0 Å². The number of unbranched alkanes of at least 4 members (excludes halogenated alkanes) is 1. The van der Waals surface area contributed by atoms with Gasteiger partial charge in [-0.05, 0) is 17.5 Å². The Kier molecular flexibility index (Phi) is 6.79. The van der Waals surface area contributed by atoms with E-state index in [0.29, 0.717) is 0 Å². The summed E-state index contributed by atoms with van der Waals surface area (Å²) >= 11 is -2.77. The van der Waals surface area contributed by atoms with E-state index in [1.807, 2.05) is 0 Å². The first-order chi connectivity index (χ1) is 7.83. The number of allylic oxidation sites excluding steroid dienone is 1. The van der Waals surface area contributed by atoms with E-state index < -0.39 is 24.5 Å². The number of benzene rings is 1. The number of fused-ring (bicyclic) bond motifs is 1. The zero-order valence-electron chi connectivity index (χ0n) is 9.34. The van der Waals surface area contributed by atoms with Gasteiger partial charge < -0.3 is 0 Å². The number of hydrogen-bond donors (Lipinski definition) is 0. The molecule has 0 saturated heterocycles. The van der Waals surface area contributed by atoms with Crippen molar-refractivity contribution in [1.29, 1.82) is 0 Å². The summed E-state index contributed by atoms with van der Waals surface area (Å²) in [6.07, 6.45) is 8.29. The zero-order valence-corrected chi connectivity index (χ0v) is 11.8. The van der Waals surface area contributed by atoms with Crippen molar-refractivity contribution in [2.24, 2.45) is 0 Å². The average Bonchev–Trinajstić information content (AvgIpc) is 2.71. The van der Waals surface area contributed by atoms with Crippen LogP contribution in [-0.4, -0.2) is 0 Å².